The average Bonchev–Trinajstić information content (AvgIpc) is 3.64. The molecular weight excluding hydrogens is 558 g/mol. The zero-order valence-corrected chi connectivity index (χ0v) is 24.9. The van der Waals surface area contributed by atoms with E-state index < -0.39 is 0 Å². The maximum atomic E-state index is 9.55. The van der Waals surface area contributed by atoms with Gasteiger partial charge in [0.1, 0.15) is 0 Å². The Morgan fingerprint density at radius 2 is 0.761 bits per heavy atom. The normalized spacial score (nSPS) is 11.5. The molecule has 0 unspecified atom stereocenters. The molecule has 2 heterocycles. The predicted octanol–water partition coefficient (Wildman–Crippen LogP) is 11.1. The molecule has 9 rings (SSSR count). The van der Waals surface area contributed by atoms with E-state index >= 15 is 0 Å². The summed E-state index contributed by atoms with van der Waals surface area (Å²) in [4.78, 5) is 0. The lowest BCUT2D eigenvalue weighted by Crippen LogP contribution is -1.95. The van der Waals surface area contributed by atoms with Crippen molar-refractivity contribution in [3.63, 3.8) is 0 Å². The third-order valence-corrected chi connectivity index (χ3v) is 9.12. The molecule has 0 radical (unpaired) electrons. The van der Waals surface area contributed by atoms with E-state index in [-0.39, 0.29) is 0 Å². The van der Waals surface area contributed by atoms with Crippen molar-refractivity contribution in [1.82, 2.24) is 9.13 Å². The van der Waals surface area contributed by atoms with Crippen molar-refractivity contribution >= 4 is 43.6 Å². The van der Waals surface area contributed by atoms with E-state index in [1.807, 2.05) is 12.1 Å². The highest BCUT2D eigenvalue weighted by atomic mass is 15.0. The van der Waals surface area contributed by atoms with Crippen molar-refractivity contribution in [2.24, 2.45) is 0 Å². The van der Waals surface area contributed by atoms with Crippen molar-refractivity contribution in [2.45, 2.75) is 0 Å². The van der Waals surface area contributed by atoms with Gasteiger partial charge in [-0.15, -0.1) is 0 Å². The van der Waals surface area contributed by atoms with E-state index in [0.29, 0.717) is 5.56 Å². The van der Waals surface area contributed by atoms with Gasteiger partial charge in [0.15, 0.2) is 0 Å². The predicted molar refractivity (Wildman–Crippen MR) is 191 cm³/mol. The van der Waals surface area contributed by atoms with Gasteiger partial charge in [-0.05, 0) is 89.0 Å². The molecular formula is C43H27N3. The molecule has 9 aromatic rings. The van der Waals surface area contributed by atoms with E-state index in [9.17, 15) is 5.26 Å². The monoisotopic (exact) mass is 585 g/mol. The summed E-state index contributed by atoms with van der Waals surface area (Å²) in [6, 6.07) is 60.3. The van der Waals surface area contributed by atoms with Gasteiger partial charge < -0.3 is 9.13 Å². The highest BCUT2D eigenvalue weighted by Gasteiger charge is 2.15. The van der Waals surface area contributed by atoms with E-state index in [1.54, 1.807) is 0 Å². The van der Waals surface area contributed by atoms with Gasteiger partial charge in [-0.1, -0.05) is 97.1 Å². The number of hydrogen-bond donors (Lipinski definition) is 0. The molecule has 0 saturated heterocycles. The molecule has 0 aliphatic rings. The van der Waals surface area contributed by atoms with Gasteiger partial charge in [-0.2, -0.15) is 5.26 Å². The average molecular weight is 586 g/mol. The highest BCUT2D eigenvalue weighted by molar-refractivity contribution is 6.10. The van der Waals surface area contributed by atoms with Crippen molar-refractivity contribution in [2.75, 3.05) is 0 Å². The Balaban J connectivity index is 1.15. The van der Waals surface area contributed by atoms with E-state index in [0.717, 1.165) is 44.3 Å². The molecule has 3 heteroatoms. The first-order chi connectivity index (χ1) is 22.8. The minimum atomic E-state index is 0.670. The van der Waals surface area contributed by atoms with Crippen LogP contribution in [0.2, 0.25) is 0 Å². The number of hydrogen-bond acceptors (Lipinski definition) is 1. The first kappa shape index (κ1) is 26.1. The Bertz CT molecular complexity index is 2610. The van der Waals surface area contributed by atoms with Crippen molar-refractivity contribution < 1.29 is 0 Å². The van der Waals surface area contributed by atoms with Crippen LogP contribution >= 0.6 is 0 Å². The maximum Gasteiger partial charge on any atom is 0.0991 e. The molecule has 0 atom stereocenters. The van der Waals surface area contributed by atoms with Crippen molar-refractivity contribution in [3.8, 4) is 39.7 Å². The smallest absolute Gasteiger partial charge is 0.0991 e. The van der Waals surface area contributed by atoms with E-state index in [1.165, 1.54) is 32.9 Å². The van der Waals surface area contributed by atoms with Crippen LogP contribution in [-0.2, 0) is 0 Å². The molecule has 0 spiro atoms. The molecule has 214 valence electrons. The lowest BCUT2D eigenvalue weighted by molar-refractivity contribution is 1.18. The fraction of sp³-hybridized carbons (Fsp3) is 0. The number of nitriles is 1. The molecule has 0 fully saturated rings. The van der Waals surface area contributed by atoms with Crippen LogP contribution in [-0.4, -0.2) is 9.13 Å². The lowest BCUT2D eigenvalue weighted by atomic mass is 9.98. The van der Waals surface area contributed by atoms with Gasteiger partial charge in [-0.25, -0.2) is 0 Å². The summed E-state index contributed by atoms with van der Waals surface area (Å²) < 4.78 is 4.67. The van der Waals surface area contributed by atoms with Crippen LogP contribution in [0, 0.1) is 11.3 Å². The molecule has 3 nitrogen and oxygen atoms in total. The number of para-hydroxylation sites is 3. The SMILES string of the molecule is N#Cc1ccc2c(c1)c1ccccc1n2-c1cccc(-c2cccc(-c3cccc(-n4c5ccccc5c5ccccc54)c3)c2)c1. The molecule has 7 aromatic carbocycles. The maximum absolute atomic E-state index is 9.55. The summed E-state index contributed by atoms with van der Waals surface area (Å²) in [5.41, 5.74) is 12.2. The Hall–Kier alpha value is -6.37. The third-order valence-electron chi connectivity index (χ3n) is 9.12. The Kier molecular flexibility index (Phi) is 5.88. The van der Waals surface area contributed by atoms with Crippen LogP contribution in [0.3, 0.4) is 0 Å². The number of rotatable bonds is 4. The number of nitrogens with zero attached hydrogens (tertiary/aromatic N) is 3. The Morgan fingerprint density at radius 3 is 1.26 bits per heavy atom. The topological polar surface area (TPSA) is 33.6 Å². The van der Waals surface area contributed by atoms with Crippen molar-refractivity contribution in [3.05, 3.63) is 169 Å². The van der Waals surface area contributed by atoms with Gasteiger partial charge in [0.2, 0.25) is 0 Å². The Labute approximate surface area is 266 Å². The van der Waals surface area contributed by atoms with Crippen LogP contribution in [0.4, 0.5) is 0 Å². The lowest BCUT2D eigenvalue weighted by Gasteiger charge is -2.12. The summed E-state index contributed by atoms with van der Waals surface area (Å²) in [7, 11) is 0. The molecule has 0 aliphatic heterocycles. The summed E-state index contributed by atoms with van der Waals surface area (Å²) in [5.74, 6) is 0. The first-order valence-corrected chi connectivity index (χ1v) is 15.5. The Morgan fingerprint density at radius 1 is 0.348 bits per heavy atom. The molecule has 0 amide bonds. The van der Waals surface area contributed by atoms with Gasteiger partial charge in [0.05, 0.1) is 33.7 Å². The number of fused-ring (bicyclic) bond motifs is 6. The highest BCUT2D eigenvalue weighted by Crippen LogP contribution is 2.36. The molecule has 46 heavy (non-hydrogen) atoms. The standard InChI is InChI=1S/C43H27N3/c44-28-29-22-23-43-39(24-29)38-18-3-6-21-42(38)46(43)35-15-9-13-33(27-35)31-11-7-10-30(25-31)32-12-8-14-34(26-32)45-40-19-4-1-16-36(40)37-17-2-5-20-41(37)45/h1-27H. The summed E-state index contributed by atoms with van der Waals surface area (Å²) in [5, 5.41) is 14.3. The molecule has 2 aromatic heterocycles. The third kappa shape index (κ3) is 4.05. The van der Waals surface area contributed by atoms with Gasteiger partial charge in [0.25, 0.3) is 0 Å². The zero-order valence-electron chi connectivity index (χ0n) is 24.9. The number of aromatic nitrogens is 2. The minimum Gasteiger partial charge on any atom is -0.309 e. The number of benzene rings is 7. The minimum absolute atomic E-state index is 0.670. The molecule has 0 bridgehead atoms. The van der Waals surface area contributed by atoms with Crippen LogP contribution in [0.1, 0.15) is 5.56 Å². The second-order valence-electron chi connectivity index (χ2n) is 11.7. The fourth-order valence-electron chi connectivity index (χ4n) is 7.05. The molecule has 0 saturated carbocycles. The second-order valence-corrected chi connectivity index (χ2v) is 11.7. The van der Waals surface area contributed by atoms with Crippen LogP contribution < -0.4 is 0 Å². The van der Waals surface area contributed by atoms with Crippen molar-refractivity contribution in [1.29, 1.82) is 5.26 Å². The quantitative estimate of drug-likeness (QED) is 0.202. The van der Waals surface area contributed by atoms with E-state index in [4.69, 9.17) is 0 Å². The molecule has 0 aliphatic carbocycles. The zero-order chi connectivity index (χ0) is 30.6. The second kappa shape index (κ2) is 10.4. The molecule has 0 N–H and O–H groups in total. The first-order valence-electron chi connectivity index (χ1n) is 15.5. The van der Waals surface area contributed by atoms with Gasteiger partial charge in [0, 0.05) is 32.9 Å². The summed E-state index contributed by atoms with van der Waals surface area (Å²) >= 11 is 0. The van der Waals surface area contributed by atoms with Gasteiger partial charge in [-0.3, -0.25) is 0 Å². The van der Waals surface area contributed by atoms with Crippen LogP contribution in [0.15, 0.2) is 164 Å². The van der Waals surface area contributed by atoms with E-state index in [2.05, 4.69) is 167 Å². The van der Waals surface area contributed by atoms with Crippen LogP contribution in [0.25, 0.3) is 77.2 Å². The summed E-state index contributed by atoms with van der Waals surface area (Å²) in [6.45, 7) is 0. The fourth-order valence-corrected chi connectivity index (χ4v) is 7.05. The van der Waals surface area contributed by atoms with Gasteiger partial charge >= 0.3 is 0 Å². The summed E-state index contributed by atoms with van der Waals surface area (Å²) in [6.07, 6.45) is 0. The van der Waals surface area contributed by atoms with Crippen LogP contribution in [0.5, 0.6) is 0 Å². The largest absolute Gasteiger partial charge is 0.309 e.